The quantitative estimate of drug-likeness (QED) is 0.721. The fourth-order valence-electron chi connectivity index (χ4n) is 1.33. The van der Waals surface area contributed by atoms with Crippen molar-refractivity contribution in [3.63, 3.8) is 0 Å². The average Bonchev–Trinajstić information content (AvgIpc) is 2.67. The minimum Gasteiger partial charge on any atom is -0.315 e. The SMILES string of the molecule is CCNCC(C)NCCc1ccsc1. The van der Waals surface area contributed by atoms with E-state index in [0.717, 1.165) is 26.1 Å². The van der Waals surface area contributed by atoms with Gasteiger partial charge in [-0.05, 0) is 48.8 Å². The van der Waals surface area contributed by atoms with Gasteiger partial charge in [-0.1, -0.05) is 6.92 Å². The normalized spacial score (nSPS) is 13.0. The highest BCUT2D eigenvalue weighted by molar-refractivity contribution is 7.07. The maximum Gasteiger partial charge on any atom is 0.0164 e. The molecule has 2 nitrogen and oxygen atoms in total. The molecule has 0 aliphatic heterocycles. The van der Waals surface area contributed by atoms with Crippen LogP contribution in [0.2, 0.25) is 0 Å². The zero-order valence-electron chi connectivity index (χ0n) is 9.05. The van der Waals surface area contributed by atoms with Gasteiger partial charge in [0.2, 0.25) is 0 Å². The second kappa shape index (κ2) is 6.98. The Bertz CT molecular complexity index is 221. The number of hydrogen-bond acceptors (Lipinski definition) is 3. The second-order valence-corrected chi connectivity index (χ2v) is 4.32. The van der Waals surface area contributed by atoms with Crippen molar-refractivity contribution in [2.24, 2.45) is 0 Å². The molecular weight excluding hydrogens is 192 g/mol. The van der Waals surface area contributed by atoms with Crippen molar-refractivity contribution in [2.75, 3.05) is 19.6 Å². The van der Waals surface area contributed by atoms with Crippen LogP contribution in [0.4, 0.5) is 0 Å². The molecule has 80 valence electrons. The lowest BCUT2D eigenvalue weighted by atomic mass is 10.2. The molecule has 3 heteroatoms. The number of likely N-dealkylation sites (N-methyl/N-ethyl adjacent to an activating group) is 1. The zero-order chi connectivity index (χ0) is 10.2. The molecule has 1 aromatic rings. The van der Waals surface area contributed by atoms with E-state index in [0.29, 0.717) is 6.04 Å². The molecule has 0 saturated heterocycles. The van der Waals surface area contributed by atoms with Crippen molar-refractivity contribution in [1.29, 1.82) is 0 Å². The molecule has 0 amide bonds. The van der Waals surface area contributed by atoms with Crippen LogP contribution in [-0.4, -0.2) is 25.7 Å². The van der Waals surface area contributed by atoms with E-state index in [-0.39, 0.29) is 0 Å². The topological polar surface area (TPSA) is 24.1 Å². The van der Waals surface area contributed by atoms with Crippen molar-refractivity contribution in [3.05, 3.63) is 22.4 Å². The highest BCUT2D eigenvalue weighted by Crippen LogP contribution is 2.05. The van der Waals surface area contributed by atoms with Crippen LogP contribution in [0.1, 0.15) is 19.4 Å². The standard InChI is InChI=1S/C11H20N2S/c1-3-12-8-10(2)13-6-4-11-5-7-14-9-11/h5,7,9-10,12-13H,3-4,6,8H2,1-2H3. The van der Waals surface area contributed by atoms with E-state index >= 15 is 0 Å². The van der Waals surface area contributed by atoms with Crippen LogP contribution in [-0.2, 0) is 6.42 Å². The largest absolute Gasteiger partial charge is 0.315 e. The van der Waals surface area contributed by atoms with Crippen molar-refractivity contribution >= 4 is 11.3 Å². The van der Waals surface area contributed by atoms with Crippen molar-refractivity contribution in [1.82, 2.24) is 10.6 Å². The third-order valence-electron chi connectivity index (χ3n) is 2.19. The number of rotatable bonds is 7. The van der Waals surface area contributed by atoms with Crippen molar-refractivity contribution < 1.29 is 0 Å². The Morgan fingerprint density at radius 3 is 3.00 bits per heavy atom. The summed E-state index contributed by atoms with van der Waals surface area (Å²) in [4.78, 5) is 0. The van der Waals surface area contributed by atoms with Gasteiger partial charge in [0.1, 0.15) is 0 Å². The van der Waals surface area contributed by atoms with Gasteiger partial charge >= 0.3 is 0 Å². The summed E-state index contributed by atoms with van der Waals surface area (Å²) in [7, 11) is 0. The van der Waals surface area contributed by atoms with Crippen LogP contribution >= 0.6 is 11.3 Å². The Kier molecular flexibility index (Phi) is 5.83. The molecule has 0 bridgehead atoms. The van der Waals surface area contributed by atoms with Gasteiger partial charge in [-0.2, -0.15) is 11.3 Å². The van der Waals surface area contributed by atoms with E-state index in [1.807, 2.05) is 0 Å². The van der Waals surface area contributed by atoms with Crippen LogP contribution in [0, 0.1) is 0 Å². The molecule has 1 aromatic heterocycles. The summed E-state index contributed by atoms with van der Waals surface area (Å²) in [6.45, 7) is 7.54. The third kappa shape index (κ3) is 4.74. The Morgan fingerprint density at radius 1 is 1.50 bits per heavy atom. The van der Waals surface area contributed by atoms with E-state index < -0.39 is 0 Å². The highest BCUT2D eigenvalue weighted by Gasteiger charge is 1.99. The molecule has 0 spiro atoms. The Balaban J connectivity index is 2.03. The summed E-state index contributed by atoms with van der Waals surface area (Å²) < 4.78 is 0. The molecule has 0 radical (unpaired) electrons. The summed E-state index contributed by atoms with van der Waals surface area (Å²) >= 11 is 1.77. The first-order valence-corrected chi connectivity index (χ1v) is 6.22. The summed E-state index contributed by atoms with van der Waals surface area (Å²) in [6.07, 6.45) is 1.14. The van der Waals surface area contributed by atoms with Gasteiger partial charge < -0.3 is 10.6 Å². The summed E-state index contributed by atoms with van der Waals surface area (Å²) in [5.41, 5.74) is 1.44. The van der Waals surface area contributed by atoms with E-state index in [1.165, 1.54) is 5.56 Å². The minimum atomic E-state index is 0.564. The monoisotopic (exact) mass is 212 g/mol. The van der Waals surface area contributed by atoms with Crippen molar-refractivity contribution in [2.45, 2.75) is 26.3 Å². The molecule has 0 fully saturated rings. The van der Waals surface area contributed by atoms with Crippen LogP contribution in [0.5, 0.6) is 0 Å². The Hall–Kier alpha value is -0.380. The van der Waals surface area contributed by atoms with Gasteiger partial charge in [0, 0.05) is 12.6 Å². The molecule has 0 saturated carbocycles. The van der Waals surface area contributed by atoms with Crippen LogP contribution in [0.15, 0.2) is 16.8 Å². The van der Waals surface area contributed by atoms with E-state index in [9.17, 15) is 0 Å². The summed E-state index contributed by atoms with van der Waals surface area (Å²) in [5.74, 6) is 0. The molecule has 1 atom stereocenters. The predicted octanol–water partition coefficient (Wildman–Crippen LogP) is 1.88. The molecule has 1 unspecified atom stereocenters. The van der Waals surface area contributed by atoms with Crippen LogP contribution in [0.3, 0.4) is 0 Å². The highest BCUT2D eigenvalue weighted by atomic mass is 32.1. The smallest absolute Gasteiger partial charge is 0.0164 e. The first-order chi connectivity index (χ1) is 6.83. The van der Waals surface area contributed by atoms with Gasteiger partial charge in [0.25, 0.3) is 0 Å². The molecule has 2 N–H and O–H groups in total. The van der Waals surface area contributed by atoms with Gasteiger partial charge in [0.05, 0.1) is 0 Å². The van der Waals surface area contributed by atoms with Crippen LogP contribution < -0.4 is 10.6 Å². The maximum atomic E-state index is 3.50. The minimum absolute atomic E-state index is 0.564. The zero-order valence-corrected chi connectivity index (χ0v) is 9.86. The lowest BCUT2D eigenvalue weighted by Crippen LogP contribution is -2.37. The first kappa shape index (κ1) is 11.7. The fraction of sp³-hybridized carbons (Fsp3) is 0.636. The first-order valence-electron chi connectivity index (χ1n) is 5.28. The average molecular weight is 212 g/mol. The van der Waals surface area contributed by atoms with Gasteiger partial charge in [-0.25, -0.2) is 0 Å². The number of thiophene rings is 1. The lowest BCUT2D eigenvalue weighted by molar-refractivity contribution is 0.512. The molecule has 1 heterocycles. The summed E-state index contributed by atoms with van der Waals surface area (Å²) in [5, 5.41) is 11.2. The molecule has 0 aromatic carbocycles. The molecule has 0 aliphatic carbocycles. The van der Waals surface area contributed by atoms with Gasteiger partial charge in [-0.15, -0.1) is 0 Å². The van der Waals surface area contributed by atoms with E-state index in [2.05, 4.69) is 41.3 Å². The third-order valence-corrected chi connectivity index (χ3v) is 2.92. The molecule has 0 aliphatic rings. The van der Waals surface area contributed by atoms with E-state index in [1.54, 1.807) is 11.3 Å². The van der Waals surface area contributed by atoms with Gasteiger partial charge in [0.15, 0.2) is 0 Å². The van der Waals surface area contributed by atoms with Crippen LogP contribution in [0.25, 0.3) is 0 Å². The fourth-order valence-corrected chi connectivity index (χ4v) is 2.03. The Morgan fingerprint density at radius 2 is 2.36 bits per heavy atom. The molecule has 1 rings (SSSR count). The second-order valence-electron chi connectivity index (χ2n) is 3.54. The number of nitrogens with one attached hydrogen (secondary N) is 2. The Labute approximate surface area is 90.7 Å². The molecular formula is C11H20N2S. The van der Waals surface area contributed by atoms with E-state index in [4.69, 9.17) is 0 Å². The summed E-state index contributed by atoms with van der Waals surface area (Å²) in [6, 6.07) is 2.76. The van der Waals surface area contributed by atoms with Crippen molar-refractivity contribution in [3.8, 4) is 0 Å². The lowest BCUT2D eigenvalue weighted by Gasteiger charge is -2.13. The number of hydrogen-bond donors (Lipinski definition) is 2. The maximum absolute atomic E-state index is 3.50. The predicted molar refractivity (Wildman–Crippen MR) is 64.0 cm³/mol. The molecule has 14 heavy (non-hydrogen) atoms. The van der Waals surface area contributed by atoms with Gasteiger partial charge in [-0.3, -0.25) is 0 Å².